The monoisotopic (exact) mass is 757 g/mol. The summed E-state index contributed by atoms with van der Waals surface area (Å²) in [6.45, 7) is 16.3. The van der Waals surface area contributed by atoms with Crippen molar-refractivity contribution in [3.63, 3.8) is 0 Å². The maximum absolute atomic E-state index is 14.1. The molecule has 0 aliphatic carbocycles. The number of hydrogen-bond donors (Lipinski definition) is 5. The number of hydrogen-bond acceptors (Lipinski definition) is 14. The minimum atomic E-state index is -1.99. The first-order valence-corrected chi connectivity index (χ1v) is 18.5. The van der Waals surface area contributed by atoms with Crippen molar-refractivity contribution < 1.29 is 94.5 Å². The first-order chi connectivity index (χ1) is 23.4. The van der Waals surface area contributed by atoms with Gasteiger partial charge < -0.3 is 60.3 Å². The van der Waals surface area contributed by atoms with E-state index >= 15 is 0 Å². The van der Waals surface area contributed by atoms with Gasteiger partial charge in [-0.05, 0) is 74.9 Å². The van der Waals surface area contributed by atoms with Crippen molar-refractivity contribution in [2.75, 3.05) is 21.2 Å². The van der Waals surface area contributed by atoms with Crippen molar-refractivity contribution in [2.45, 2.75) is 179 Å². The molecule has 0 spiro atoms. The molecule has 0 radical (unpaired) electrons. The second-order valence-corrected chi connectivity index (χ2v) is 16.5. The number of aliphatic hydroxyl groups excluding tert-OH is 3. The maximum Gasteiger partial charge on any atom is 1.00 e. The molecule has 52 heavy (non-hydrogen) atoms. The molecule has 0 amide bonds. The van der Waals surface area contributed by atoms with Gasteiger partial charge in [0.1, 0.15) is 29.7 Å². The number of methoxy groups -OCH3 is 1. The van der Waals surface area contributed by atoms with E-state index in [4.69, 9.17) is 28.4 Å². The van der Waals surface area contributed by atoms with E-state index in [1.807, 2.05) is 25.9 Å². The number of ether oxygens (including phenoxy) is 6. The summed E-state index contributed by atoms with van der Waals surface area (Å²) in [6, 6.07) is -0.324. The first-order valence-electron chi connectivity index (χ1n) is 18.5. The Morgan fingerprint density at radius 3 is 2.04 bits per heavy atom. The Morgan fingerprint density at radius 1 is 0.904 bits per heavy atom. The van der Waals surface area contributed by atoms with Crippen molar-refractivity contribution in [1.82, 2.24) is 4.90 Å². The predicted octanol–water partition coefficient (Wildman–Crippen LogP) is -1.10. The molecule has 0 aromatic carbocycles. The number of cyclic esters (lactones) is 1. The van der Waals surface area contributed by atoms with Crippen LogP contribution in [0, 0.1) is 23.7 Å². The molecule has 0 bridgehead atoms. The molecule has 0 aromatic heterocycles. The molecule has 18 atom stereocenters. The molecule has 3 aliphatic rings. The second-order valence-electron chi connectivity index (χ2n) is 16.5. The van der Waals surface area contributed by atoms with Crippen LogP contribution in [0.5, 0.6) is 0 Å². The molecule has 300 valence electrons. The van der Waals surface area contributed by atoms with E-state index in [2.05, 4.69) is 0 Å². The third-order valence-electron chi connectivity index (χ3n) is 11.8. The Hall–Kier alpha value is -0.300. The molecular formula is C37H68NNaO13. The molecule has 3 aliphatic heterocycles. The van der Waals surface area contributed by atoms with Gasteiger partial charge in [-0.1, -0.05) is 27.7 Å². The van der Waals surface area contributed by atoms with Gasteiger partial charge >= 0.3 is 35.5 Å². The van der Waals surface area contributed by atoms with Crippen LogP contribution in [0.15, 0.2) is 0 Å². The van der Waals surface area contributed by atoms with Crippen LogP contribution in [0.3, 0.4) is 0 Å². The first kappa shape index (κ1) is 47.9. The Kier molecular flexibility index (Phi) is 17.3. The number of Topliss-reactive ketones (excluding diaryl/α,β-unsaturated/α-hetero) is 1. The van der Waals surface area contributed by atoms with Crippen molar-refractivity contribution in [3.8, 4) is 0 Å². The summed E-state index contributed by atoms with van der Waals surface area (Å²) in [5, 5.41) is 57.6. The summed E-state index contributed by atoms with van der Waals surface area (Å²) < 4.78 is 37.1. The minimum Gasteiger partial charge on any atom is -1.00 e. The number of carbonyl (C=O) groups excluding carboxylic acids is 2. The molecule has 3 saturated heterocycles. The smallest absolute Gasteiger partial charge is 1.00 e. The maximum atomic E-state index is 14.1. The SMILES string of the molecule is CC[C@H]1OC(=O)[C@H](C)[C@@H](O[C@H]2C[C@@](C)(OC)[C@@H](O)[C@H](C)O2)[C@@H](C)[C@@H](O[C@@H]2O[C@H](C)C[C@H](N(C)C)[C@H]2O)[C@](C)(O)C[C@@H](C)C(=O)[C@H](C)[C@H](O)[C@]1(C)O.[H-].[Na+]. The van der Waals surface area contributed by atoms with Crippen LogP contribution < -0.4 is 29.6 Å². The van der Waals surface area contributed by atoms with Gasteiger partial charge in [-0.15, -0.1) is 0 Å². The number of nitrogens with zero attached hydrogens (tertiary/aromatic N) is 1. The summed E-state index contributed by atoms with van der Waals surface area (Å²) in [5.74, 6) is -4.98. The van der Waals surface area contributed by atoms with Crippen LogP contribution in [-0.4, -0.2) is 148 Å². The molecule has 0 saturated carbocycles. The molecule has 5 N–H and O–H groups in total. The van der Waals surface area contributed by atoms with Crippen LogP contribution in [0.4, 0.5) is 0 Å². The fourth-order valence-corrected chi connectivity index (χ4v) is 8.41. The molecule has 3 rings (SSSR count). The Labute approximate surface area is 333 Å². The van der Waals surface area contributed by atoms with Crippen LogP contribution >= 0.6 is 0 Å². The van der Waals surface area contributed by atoms with Crippen LogP contribution in [0.2, 0.25) is 0 Å². The summed E-state index contributed by atoms with van der Waals surface area (Å²) in [7, 11) is 5.18. The van der Waals surface area contributed by atoms with Crippen LogP contribution in [0.1, 0.15) is 96.3 Å². The van der Waals surface area contributed by atoms with Gasteiger partial charge in [-0.25, -0.2) is 0 Å². The number of rotatable bonds is 7. The van der Waals surface area contributed by atoms with Gasteiger partial charge in [0.25, 0.3) is 0 Å². The molecule has 14 nitrogen and oxygen atoms in total. The molecule has 3 heterocycles. The molecule has 0 aromatic rings. The zero-order valence-corrected chi connectivity index (χ0v) is 35.9. The average molecular weight is 758 g/mol. The van der Waals surface area contributed by atoms with E-state index < -0.39 is 108 Å². The third-order valence-corrected chi connectivity index (χ3v) is 11.8. The number of ketones is 1. The van der Waals surface area contributed by atoms with Gasteiger partial charge in [0.05, 0.1) is 47.6 Å². The normalized spacial score (nSPS) is 48.8. The van der Waals surface area contributed by atoms with Crippen molar-refractivity contribution in [2.24, 2.45) is 23.7 Å². The fourth-order valence-electron chi connectivity index (χ4n) is 8.41. The number of carbonyl (C=O) groups is 2. The second kappa shape index (κ2) is 18.8. The van der Waals surface area contributed by atoms with E-state index in [0.29, 0.717) is 6.42 Å². The Morgan fingerprint density at radius 2 is 1.50 bits per heavy atom. The summed E-state index contributed by atoms with van der Waals surface area (Å²) >= 11 is 0. The summed E-state index contributed by atoms with van der Waals surface area (Å²) in [5.41, 5.74) is -4.84. The number of aliphatic hydroxyl groups is 5. The predicted molar refractivity (Wildman–Crippen MR) is 187 cm³/mol. The number of esters is 1. The zero-order valence-electron chi connectivity index (χ0n) is 34.9. The molecule has 3 fully saturated rings. The summed E-state index contributed by atoms with van der Waals surface area (Å²) in [6.07, 6.45) is -9.71. The quantitative estimate of drug-likeness (QED) is 0.155. The van der Waals surface area contributed by atoms with Crippen LogP contribution in [0.25, 0.3) is 0 Å². The van der Waals surface area contributed by atoms with Gasteiger partial charge in [-0.2, -0.15) is 0 Å². The van der Waals surface area contributed by atoms with Gasteiger partial charge in [-0.3, -0.25) is 9.59 Å². The van der Waals surface area contributed by atoms with Crippen LogP contribution in [-0.2, 0) is 38.0 Å². The molecular weight excluding hydrogens is 689 g/mol. The topological polar surface area (TPSA) is 194 Å². The molecule has 0 unspecified atom stereocenters. The van der Waals surface area contributed by atoms with E-state index in [1.54, 1.807) is 41.5 Å². The van der Waals surface area contributed by atoms with E-state index in [-0.39, 0.29) is 62.4 Å². The summed E-state index contributed by atoms with van der Waals surface area (Å²) in [4.78, 5) is 29.8. The third kappa shape index (κ3) is 10.4. The van der Waals surface area contributed by atoms with Crippen molar-refractivity contribution >= 4 is 11.8 Å². The Balaban J connectivity index is 0.00000702. The fraction of sp³-hybridized carbons (Fsp3) is 0.946. The van der Waals surface area contributed by atoms with E-state index in [9.17, 15) is 35.1 Å². The average Bonchev–Trinajstić information content (AvgIpc) is 3.05. The van der Waals surface area contributed by atoms with Gasteiger partial charge in [0.2, 0.25) is 0 Å². The van der Waals surface area contributed by atoms with E-state index in [0.717, 1.165) is 0 Å². The standard InChI is InChI=1S/C37H67NO13.Na.H/c1-14-25-37(10,45)30(41)20(4)27(39)18(2)16-35(8,44)32(51-34-28(40)24(38(11)12)15-19(3)47-34)21(5)29(22(6)33(43)49-25)50-26-17-36(9,46-13)31(42)23(7)48-26;;/h18-26,28-32,34,40-42,44-45H,14-17H2,1-13H3;;/q;+1;-1/t18-,19-,20+,21-,22-,23+,24+,25-,26+,28-,29+,30+,31+,32-,34+,35-,36-,37-;;/m1../s1. The minimum absolute atomic E-state index is 0. The zero-order chi connectivity index (χ0) is 39.0. The van der Waals surface area contributed by atoms with Gasteiger partial charge in [0, 0.05) is 37.3 Å². The Bertz CT molecular complexity index is 1180. The van der Waals surface area contributed by atoms with E-state index in [1.165, 1.54) is 27.9 Å². The molecule has 15 heteroatoms. The van der Waals surface area contributed by atoms with Gasteiger partial charge in [0.15, 0.2) is 12.6 Å². The number of likely N-dealkylation sites (N-methyl/N-ethyl adjacent to an activating group) is 1. The largest absolute Gasteiger partial charge is 1.00 e. The van der Waals surface area contributed by atoms with Crippen molar-refractivity contribution in [1.29, 1.82) is 0 Å². The van der Waals surface area contributed by atoms with Crippen molar-refractivity contribution in [3.05, 3.63) is 0 Å².